The quantitative estimate of drug-likeness (QED) is 0.484. The van der Waals surface area contributed by atoms with Gasteiger partial charge in [0.15, 0.2) is 0 Å². The Morgan fingerprint density at radius 3 is 1.74 bits per heavy atom. The first kappa shape index (κ1) is 15.4. The van der Waals surface area contributed by atoms with Gasteiger partial charge in [0.25, 0.3) is 0 Å². The van der Waals surface area contributed by atoms with Gasteiger partial charge in [-0.15, -0.1) is 0 Å². The standard InChI is InChI=1S/C21H16BrN/c22-19-11-13-20(14-12-19)23-16-15-21(17-7-3-1-4-8-17)18-9-5-2-6-10-18/h1-16H. The van der Waals surface area contributed by atoms with E-state index in [1.807, 2.05) is 42.6 Å². The fourth-order valence-electron chi connectivity index (χ4n) is 2.32. The van der Waals surface area contributed by atoms with E-state index in [0.717, 1.165) is 15.7 Å². The fourth-order valence-corrected chi connectivity index (χ4v) is 2.58. The van der Waals surface area contributed by atoms with Gasteiger partial charge in [-0.25, -0.2) is 0 Å². The molecule has 3 rings (SSSR count). The summed E-state index contributed by atoms with van der Waals surface area (Å²) in [5, 5.41) is 0. The zero-order chi connectivity index (χ0) is 15.9. The van der Waals surface area contributed by atoms with Crippen LogP contribution in [0.25, 0.3) is 5.57 Å². The van der Waals surface area contributed by atoms with Crippen LogP contribution in [0.4, 0.5) is 5.69 Å². The molecule has 0 saturated heterocycles. The van der Waals surface area contributed by atoms with E-state index < -0.39 is 0 Å². The number of nitrogens with zero attached hydrogens (tertiary/aromatic N) is 1. The molecule has 0 N–H and O–H groups in total. The maximum atomic E-state index is 4.52. The smallest absolute Gasteiger partial charge is 0.0630 e. The van der Waals surface area contributed by atoms with E-state index in [0.29, 0.717) is 0 Å². The highest BCUT2D eigenvalue weighted by atomic mass is 79.9. The third-order valence-electron chi connectivity index (χ3n) is 3.46. The summed E-state index contributed by atoms with van der Waals surface area (Å²) in [7, 11) is 0. The van der Waals surface area contributed by atoms with Crippen LogP contribution in [-0.2, 0) is 0 Å². The van der Waals surface area contributed by atoms with Crippen LogP contribution < -0.4 is 0 Å². The summed E-state index contributed by atoms with van der Waals surface area (Å²) in [5.41, 5.74) is 4.46. The summed E-state index contributed by atoms with van der Waals surface area (Å²) in [6.45, 7) is 0. The van der Waals surface area contributed by atoms with Crippen molar-refractivity contribution in [3.63, 3.8) is 0 Å². The van der Waals surface area contributed by atoms with Gasteiger partial charge in [0.05, 0.1) is 5.69 Å². The van der Waals surface area contributed by atoms with E-state index in [9.17, 15) is 0 Å². The second-order valence-corrected chi connectivity index (χ2v) is 5.98. The Labute approximate surface area is 145 Å². The molecule has 0 aliphatic rings. The molecule has 0 aromatic heterocycles. The lowest BCUT2D eigenvalue weighted by Gasteiger charge is -2.07. The van der Waals surface area contributed by atoms with Crippen LogP contribution in [0, 0.1) is 0 Å². The van der Waals surface area contributed by atoms with Crippen LogP contribution in [0.3, 0.4) is 0 Å². The van der Waals surface area contributed by atoms with Crippen molar-refractivity contribution in [3.05, 3.63) is 107 Å². The minimum atomic E-state index is 0.935. The molecule has 2 heteroatoms. The van der Waals surface area contributed by atoms with Crippen molar-refractivity contribution in [3.8, 4) is 0 Å². The third-order valence-corrected chi connectivity index (χ3v) is 3.99. The van der Waals surface area contributed by atoms with Crippen LogP contribution in [0.1, 0.15) is 11.1 Å². The summed E-state index contributed by atoms with van der Waals surface area (Å²) in [4.78, 5) is 4.52. The average molecular weight is 362 g/mol. The van der Waals surface area contributed by atoms with Crippen LogP contribution in [0.5, 0.6) is 0 Å². The first-order valence-electron chi connectivity index (χ1n) is 7.44. The Morgan fingerprint density at radius 2 is 1.22 bits per heavy atom. The molecule has 0 spiro atoms. The molecule has 3 aromatic rings. The van der Waals surface area contributed by atoms with E-state index in [-0.39, 0.29) is 0 Å². The van der Waals surface area contributed by atoms with Crippen LogP contribution >= 0.6 is 15.9 Å². The number of benzene rings is 3. The van der Waals surface area contributed by atoms with Gasteiger partial charge in [-0.05, 0) is 47.0 Å². The lowest BCUT2D eigenvalue weighted by atomic mass is 9.98. The largest absolute Gasteiger partial charge is 0.257 e. The molecule has 0 aliphatic carbocycles. The summed E-state index contributed by atoms with van der Waals surface area (Å²) in [6, 6.07) is 28.7. The molecule has 3 aromatic carbocycles. The number of halogens is 1. The van der Waals surface area contributed by atoms with Gasteiger partial charge >= 0.3 is 0 Å². The highest BCUT2D eigenvalue weighted by Gasteiger charge is 2.02. The third kappa shape index (κ3) is 4.27. The van der Waals surface area contributed by atoms with Crippen molar-refractivity contribution >= 4 is 33.4 Å². The maximum absolute atomic E-state index is 4.52. The van der Waals surface area contributed by atoms with Gasteiger partial charge in [-0.1, -0.05) is 76.6 Å². The molecule has 0 saturated carbocycles. The number of aliphatic imine (C=N–C) groups is 1. The number of rotatable bonds is 4. The molecule has 0 bridgehead atoms. The van der Waals surface area contributed by atoms with Gasteiger partial charge in [0.2, 0.25) is 0 Å². The van der Waals surface area contributed by atoms with Crippen molar-refractivity contribution in [2.75, 3.05) is 0 Å². The monoisotopic (exact) mass is 361 g/mol. The Hall–Kier alpha value is -2.45. The minimum absolute atomic E-state index is 0.935. The Bertz CT molecular complexity index is 762. The molecule has 0 heterocycles. The topological polar surface area (TPSA) is 12.4 Å². The molecule has 112 valence electrons. The van der Waals surface area contributed by atoms with Gasteiger partial charge in [-0.3, -0.25) is 4.99 Å². The Kier molecular flexibility index (Phi) is 5.17. The second-order valence-electron chi connectivity index (χ2n) is 5.07. The molecular weight excluding hydrogens is 346 g/mol. The van der Waals surface area contributed by atoms with E-state index in [1.54, 1.807) is 0 Å². The predicted molar refractivity (Wildman–Crippen MR) is 102 cm³/mol. The highest BCUT2D eigenvalue weighted by molar-refractivity contribution is 9.10. The predicted octanol–water partition coefficient (Wildman–Crippen LogP) is 6.28. The summed E-state index contributed by atoms with van der Waals surface area (Å²) in [5.74, 6) is 0. The number of allylic oxidation sites excluding steroid dienone is 1. The fraction of sp³-hybridized carbons (Fsp3) is 0. The van der Waals surface area contributed by atoms with Crippen molar-refractivity contribution in [2.24, 2.45) is 4.99 Å². The van der Waals surface area contributed by atoms with Crippen molar-refractivity contribution in [1.29, 1.82) is 0 Å². The molecule has 0 radical (unpaired) electrons. The zero-order valence-corrected chi connectivity index (χ0v) is 14.1. The molecule has 23 heavy (non-hydrogen) atoms. The van der Waals surface area contributed by atoms with Gasteiger partial charge in [-0.2, -0.15) is 0 Å². The minimum Gasteiger partial charge on any atom is -0.257 e. The van der Waals surface area contributed by atoms with Gasteiger partial charge in [0, 0.05) is 10.7 Å². The Balaban J connectivity index is 1.93. The van der Waals surface area contributed by atoms with Crippen molar-refractivity contribution in [1.82, 2.24) is 0 Å². The number of hydrogen-bond acceptors (Lipinski definition) is 1. The maximum Gasteiger partial charge on any atom is 0.0630 e. The van der Waals surface area contributed by atoms with E-state index >= 15 is 0 Å². The average Bonchev–Trinajstić information content (AvgIpc) is 2.62. The summed E-state index contributed by atoms with van der Waals surface area (Å²) >= 11 is 3.43. The van der Waals surface area contributed by atoms with E-state index in [4.69, 9.17) is 0 Å². The molecule has 0 amide bonds. The first-order valence-corrected chi connectivity index (χ1v) is 8.23. The molecule has 0 unspecified atom stereocenters. The summed E-state index contributed by atoms with van der Waals surface area (Å²) < 4.78 is 1.06. The van der Waals surface area contributed by atoms with Crippen molar-refractivity contribution in [2.45, 2.75) is 0 Å². The highest BCUT2D eigenvalue weighted by Crippen LogP contribution is 2.23. The first-order chi connectivity index (χ1) is 11.3. The molecular formula is C21H16BrN. The van der Waals surface area contributed by atoms with Crippen LogP contribution in [0.2, 0.25) is 0 Å². The normalized spacial score (nSPS) is 10.7. The van der Waals surface area contributed by atoms with E-state index in [2.05, 4.69) is 75.5 Å². The zero-order valence-electron chi connectivity index (χ0n) is 12.6. The summed E-state index contributed by atoms with van der Waals surface area (Å²) in [6.07, 6.45) is 3.92. The van der Waals surface area contributed by atoms with E-state index in [1.165, 1.54) is 11.1 Å². The van der Waals surface area contributed by atoms with Crippen LogP contribution in [-0.4, -0.2) is 6.21 Å². The van der Waals surface area contributed by atoms with Gasteiger partial charge in [0.1, 0.15) is 0 Å². The molecule has 0 fully saturated rings. The Morgan fingerprint density at radius 1 is 0.696 bits per heavy atom. The lowest BCUT2D eigenvalue weighted by Crippen LogP contribution is -1.88. The molecule has 1 nitrogen and oxygen atoms in total. The van der Waals surface area contributed by atoms with Gasteiger partial charge < -0.3 is 0 Å². The number of hydrogen-bond donors (Lipinski definition) is 0. The van der Waals surface area contributed by atoms with Crippen LogP contribution in [0.15, 0.2) is 100 Å². The lowest BCUT2D eigenvalue weighted by molar-refractivity contribution is 1.52. The molecule has 0 aliphatic heterocycles. The molecule has 0 atom stereocenters. The SMILES string of the molecule is Brc1ccc(N=CC=C(c2ccccc2)c2ccccc2)cc1. The second kappa shape index (κ2) is 7.70. The van der Waals surface area contributed by atoms with Crippen molar-refractivity contribution < 1.29 is 0 Å².